The van der Waals surface area contributed by atoms with Gasteiger partial charge in [-0.15, -0.1) is 0 Å². The summed E-state index contributed by atoms with van der Waals surface area (Å²) >= 11 is 5.98. The quantitative estimate of drug-likeness (QED) is 0.679. The molecule has 1 aromatic heterocycles. The summed E-state index contributed by atoms with van der Waals surface area (Å²) < 4.78 is 0. The van der Waals surface area contributed by atoms with Crippen LogP contribution in [0.5, 0.6) is 0 Å². The third-order valence-corrected chi connectivity index (χ3v) is 3.92. The number of anilines is 1. The summed E-state index contributed by atoms with van der Waals surface area (Å²) in [4.78, 5) is 21.3. The SMILES string of the molecule is Cc1nc(Cl)c(C=O)c(N(C)C2CCCCC2O)n1. The molecule has 5 nitrogen and oxygen atoms in total. The van der Waals surface area contributed by atoms with E-state index in [1.165, 1.54) is 0 Å². The van der Waals surface area contributed by atoms with Crippen molar-refractivity contribution in [3.8, 4) is 0 Å². The summed E-state index contributed by atoms with van der Waals surface area (Å²) in [6, 6.07) is -0.0298. The van der Waals surface area contributed by atoms with Gasteiger partial charge >= 0.3 is 0 Å². The number of aliphatic hydroxyl groups excluding tert-OH is 1. The lowest BCUT2D eigenvalue weighted by Gasteiger charge is -2.36. The molecular weight excluding hydrogens is 266 g/mol. The molecule has 0 spiro atoms. The highest BCUT2D eigenvalue weighted by atomic mass is 35.5. The Bertz CT molecular complexity index is 481. The predicted octanol–water partition coefficient (Wildman–Crippen LogP) is 1.99. The van der Waals surface area contributed by atoms with Gasteiger partial charge in [0, 0.05) is 7.05 Å². The third kappa shape index (κ3) is 2.87. The van der Waals surface area contributed by atoms with E-state index in [1.807, 2.05) is 11.9 Å². The van der Waals surface area contributed by atoms with E-state index in [0.29, 0.717) is 17.9 Å². The maximum absolute atomic E-state index is 11.2. The third-order valence-electron chi connectivity index (χ3n) is 3.63. The number of rotatable bonds is 3. The molecule has 0 aromatic carbocycles. The number of hydrogen-bond acceptors (Lipinski definition) is 5. The monoisotopic (exact) mass is 283 g/mol. The predicted molar refractivity (Wildman–Crippen MR) is 73.8 cm³/mol. The molecule has 1 aromatic rings. The molecule has 2 atom stereocenters. The largest absolute Gasteiger partial charge is 0.391 e. The van der Waals surface area contributed by atoms with Gasteiger partial charge in [-0.2, -0.15) is 0 Å². The van der Waals surface area contributed by atoms with Gasteiger partial charge in [-0.05, 0) is 19.8 Å². The highest BCUT2D eigenvalue weighted by molar-refractivity contribution is 6.32. The van der Waals surface area contributed by atoms with E-state index in [4.69, 9.17) is 11.6 Å². The minimum Gasteiger partial charge on any atom is -0.391 e. The van der Waals surface area contributed by atoms with Crippen LogP contribution in [-0.2, 0) is 0 Å². The summed E-state index contributed by atoms with van der Waals surface area (Å²) in [6.45, 7) is 1.73. The fraction of sp³-hybridized carbons (Fsp3) is 0.615. The van der Waals surface area contributed by atoms with Crippen molar-refractivity contribution in [2.75, 3.05) is 11.9 Å². The first-order valence-electron chi connectivity index (χ1n) is 6.44. The number of aliphatic hydroxyl groups is 1. The minimum atomic E-state index is -0.396. The van der Waals surface area contributed by atoms with Gasteiger partial charge in [0.1, 0.15) is 16.8 Å². The van der Waals surface area contributed by atoms with Crippen molar-refractivity contribution in [2.24, 2.45) is 0 Å². The Labute approximate surface area is 117 Å². The van der Waals surface area contributed by atoms with Crippen molar-refractivity contribution in [3.63, 3.8) is 0 Å². The molecule has 6 heteroatoms. The number of aldehydes is 1. The summed E-state index contributed by atoms with van der Waals surface area (Å²) in [5.74, 6) is 1.01. The molecule has 0 amide bonds. The van der Waals surface area contributed by atoms with Crippen molar-refractivity contribution in [3.05, 3.63) is 16.5 Å². The first kappa shape index (κ1) is 14.2. The van der Waals surface area contributed by atoms with E-state index >= 15 is 0 Å². The van der Waals surface area contributed by atoms with E-state index in [0.717, 1.165) is 25.7 Å². The Morgan fingerprint density at radius 3 is 2.68 bits per heavy atom. The maximum atomic E-state index is 11.2. The second-order valence-electron chi connectivity index (χ2n) is 4.95. The van der Waals surface area contributed by atoms with E-state index in [-0.39, 0.29) is 16.8 Å². The molecule has 0 aliphatic heterocycles. The zero-order valence-corrected chi connectivity index (χ0v) is 11.9. The summed E-state index contributed by atoms with van der Waals surface area (Å²) in [5, 5.41) is 10.3. The van der Waals surface area contributed by atoms with Gasteiger partial charge in [-0.3, -0.25) is 4.79 Å². The molecule has 0 bridgehead atoms. The Morgan fingerprint density at radius 1 is 1.37 bits per heavy atom. The molecular formula is C13H18ClN3O2. The van der Waals surface area contributed by atoms with Gasteiger partial charge in [0.05, 0.1) is 17.7 Å². The molecule has 0 radical (unpaired) electrons. The van der Waals surface area contributed by atoms with Crippen LogP contribution in [0.25, 0.3) is 0 Å². The molecule has 2 unspecified atom stereocenters. The van der Waals surface area contributed by atoms with Crippen LogP contribution < -0.4 is 4.90 Å². The van der Waals surface area contributed by atoms with Crippen LogP contribution in [0.3, 0.4) is 0 Å². The minimum absolute atomic E-state index is 0.0298. The standard InChI is InChI=1S/C13H18ClN3O2/c1-8-15-12(14)9(7-18)13(16-8)17(2)10-5-3-4-6-11(10)19/h7,10-11,19H,3-6H2,1-2H3. The first-order valence-corrected chi connectivity index (χ1v) is 6.82. The normalized spacial score (nSPS) is 23.2. The zero-order chi connectivity index (χ0) is 14.0. The lowest BCUT2D eigenvalue weighted by Crippen LogP contribution is -2.44. The van der Waals surface area contributed by atoms with Gasteiger partial charge in [-0.25, -0.2) is 9.97 Å². The van der Waals surface area contributed by atoms with Crippen LogP contribution in [0.15, 0.2) is 0 Å². The number of aryl methyl sites for hydroxylation is 1. The molecule has 0 saturated heterocycles. The molecule has 1 aliphatic rings. The molecule has 1 N–H and O–H groups in total. The summed E-state index contributed by atoms with van der Waals surface area (Å²) in [5.41, 5.74) is 0.285. The van der Waals surface area contributed by atoms with Crippen molar-refractivity contribution < 1.29 is 9.90 Å². The second kappa shape index (κ2) is 5.84. The van der Waals surface area contributed by atoms with Crippen molar-refractivity contribution >= 4 is 23.7 Å². The van der Waals surface area contributed by atoms with Gasteiger partial charge in [0.15, 0.2) is 6.29 Å². The number of halogens is 1. The maximum Gasteiger partial charge on any atom is 0.156 e. The number of aromatic nitrogens is 2. The number of hydrogen-bond donors (Lipinski definition) is 1. The second-order valence-corrected chi connectivity index (χ2v) is 5.30. The fourth-order valence-corrected chi connectivity index (χ4v) is 2.86. The van der Waals surface area contributed by atoms with Crippen LogP contribution in [0, 0.1) is 6.92 Å². The molecule has 19 heavy (non-hydrogen) atoms. The number of carbonyl (C=O) groups excluding carboxylic acids is 1. The van der Waals surface area contributed by atoms with Crippen LogP contribution in [0.1, 0.15) is 41.9 Å². The highest BCUT2D eigenvalue weighted by Gasteiger charge is 2.29. The Kier molecular flexibility index (Phi) is 4.37. The van der Waals surface area contributed by atoms with Crippen LogP contribution >= 0.6 is 11.6 Å². The van der Waals surface area contributed by atoms with Crippen molar-refractivity contribution in [1.82, 2.24) is 9.97 Å². The Hall–Kier alpha value is -1.20. The lowest BCUT2D eigenvalue weighted by atomic mass is 9.91. The first-order chi connectivity index (χ1) is 9.04. The highest BCUT2D eigenvalue weighted by Crippen LogP contribution is 2.29. The number of carbonyl (C=O) groups is 1. The van der Waals surface area contributed by atoms with Gasteiger partial charge < -0.3 is 10.0 Å². The van der Waals surface area contributed by atoms with Crippen LogP contribution in [-0.4, -0.2) is 40.6 Å². The number of nitrogens with zero attached hydrogens (tertiary/aromatic N) is 3. The van der Waals surface area contributed by atoms with Gasteiger partial charge in [-0.1, -0.05) is 24.4 Å². The Balaban J connectivity index is 2.37. The topological polar surface area (TPSA) is 66.3 Å². The van der Waals surface area contributed by atoms with E-state index in [1.54, 1.807) is 6.92 Å². The van der Waals surface area contributed by atoms with Crippen molar-refractivity contribution in [2.45, 2.75) is 44.8 Å². The van der Waals surface area contributed by atoms with Crippen LogP contribution in [0.4, 0.5) is 5.82 Å². The van der Waals surface area contributed by atoms with Crippen molar-refractivity contribution in [1.29, 1.82) is 0 Å². The lowest BCUT2D eigenvalue weighted by molar-refractivity contribution is 0.105. The van der Waals surface area contributed by atoms with Crippen LogP contribution in [0.2, 0.25) is 5.15 Å². The average Bonchev–Trinajstić information content (AvgIpc) is 2.37. The average molecular weight is 284 g/mol. The van der Waals surface area contributed by atoms with E-state index < -0.39 is 6.10 Å². The summed E-state index contributed by atoms with van der Waals surface area (Å²) in [7, 11) is 1.84. The zero-order valence-electron chi connectivity index (χ0n) is 11.1. The Morgan fingerprint density at radius 2 is 2.05 bits per heavy atom. The van der Waals surface area contributed by atoms with Gasteiger partial charge in [0.2, 0.25) is 0 Å². The molecule has 1 aliphatic carbocycles. The molecule has 1 fully saturated rings. The number of likely N-dealkylation sites (N-methyl/N-ethyl adjacent to an activating group) is 1. The van der Waals surface area contributed by atoms with Gasteiger partial charge in [0.25, 0.3) is 0 Å². The smallest absolute Gasteiger partial charge is 0.156 e. The summed E-state index contributed by atoms with van der Waals surface area (Å²) in [6.07, 6.45) is 4.05. The molecule has 1 heterocycles. The van der Waals surface area contributed by atoms with E-state index in [9.17, 15) is 9.90 Å². The molecule has 2 rings (SSSR count). The fourth-order valence-electron chi connectivity index (χ4n) is 2.60. The van der Waals surface area contributed by atoms with E-state index in [2.05, 4.69) is 9.97 Å². The molecule has 104 valence electrons. The molecule has 1 saturated carbocycles.